The van der Waals surface area contributed by atoms with E-state index in [1.54, 1.807) is 6.92 Å². The molecule has 3 aromatic carbocycles. The van der Waals surface area contributed by atoms with Crippen molar-refractivity contribution < 1.29 is 9.59 Å². The molecular formula is C31H36ClN3O2. The van der Waals surface area contributed by atoms with Gasteiger partial charge in [-0.25, -0.2) is 0 Å². The van der Waals surface area contributed by atoms with Crippen LogP contribution in [-0.2, 0) is 9.59 Å². The summed E-state index contributed by atoms with van der Waals surface area (Å²) >= 11 is 6.23. The summed E-state index contributed by atoms with van der Waals surface area (Å²) in [5, 5.41) is 3.20. The summed E-state index contributed by atoms with van der Waals surface area (Å²) in [6.45, 7) is 7.69. The van der Waals surface area contributed by atoms with Crippen molar-refractivity contribution in [2.45, 2.75) is 45.2 Å². The molecule has 2 atom stereocenters. The maximum atomic E-state index is 13.3. The number of halogens is 1. The van der Waals surface area contributed by atoms with Gasteiger partial charge in [0.2, 0.25) is 11.8 Å². The molecule has 2 amide bonds. The maximum absolute atomic E-state index is 13.3. The highest BCUT2D eigenvalue weighted by Gasteiger charge is 2.33. The fraction of sp³-hybridized carbons (Fsp3) is 0.419. The molecule has 2 aliphatic rings. The van der Waals surface area contributed by atoms with E-state index in [0.29, 0.717) is 12.3 Å². The van der Waals surface area contributed by atoms with Crippen LogP contribution in [0.1, 0.15) is 50.3 Å². The molecule has 2 fully saturated rings. The number of benzene rings is 3. The number of hydrogen-bond donors (Lipinski definition) is 0. The van der Waals surface area contributed by atoms with Crippen molar-refractivity contribution in [1.29, 1.82) is 0 Å². The molecule has 0 spiro atoms. The molecular weight excluding hydrogens is 482 g/mol. The number of carbonyl (C=O) groups is 2. The quantitative estimate of drug-likeness (QED) is 0.432. The summed E-state index contributed by atoms with van der Waals surface area (Å²) in [6, 6.07) is 23.6. The topological polar surface area (TPSA) is 43.9 Å². The lowest BCUT2D eigenvalue weighted by atomic mass is 9.92. The molecule has 2 saturated heterocycles. The second kappa shape index (κ2) is 11.2. The first kappa shape index (κ1) is 25.7. The van der Waals surface area contributed by atoms with Gasteiger partial charge in [-0.3, -0.25) is 14.5 Å². The summed E-state index contributed by atoms with van der Waals surface area (Å²) in [6.07, 6.45) is 2.42. The van der Waals surface area contributed by atoms with Gasteiger partial charge in [0.1, 0.15) is 0 Å². The first-order valence-corrected chi connectivity index (χ1v) is 13.8. The molecule has 0 N–H and O–H groups in total. The number of piperidine rings is 1. The molecule has 5 nitrogen and oxygen atoms in total. The van der Waals surface area contributed by atoms with Crippen LogP contribution in [0.25, 0.3) is 10.8 Å². The average Bonchev–Trinajstić information content (AvgIpc) is 2.90. The van der Waals surface area contributed by atoms with Crippen LogP contribution < -0.4 is 0 Å². The van der Waals surface area contributed by atoms with Crippen molar-refractivity contribution in [3.63, 3.8) is 0 Å². The Morgan fingerprint density at radius 1 is 0.892 bits per heavy atom. The predicted molar refractivity (Wildman–Crippen MR) is 150 cm³/mol. The normalized spacial score (nSPS) is 20.2. The van der Waals surface area contributed by atoms with Crippen molar-refractivity contribution in [1.82, 2.24) is 14.7 Å². The average molecular weight is 518 g/mol. The van der Waals surface area contributed by atoms with E-state index in [1.165, 1.54) is 21.9 Å². The first-order valence-electron chi connectivity index (χ1n) is 13.4. The van der Waals surface area contributed by atoms with Crippen molar-refractivity contribution in [3.8, 4) is 0 Å². The van der Waals surface area contributed by atoms with Crippen LogP contribution >= 0.6 is 11.6 Å². The third kappa shape index (κ3) is 5.83. The van der Waals surface area contributed by atoms with Crippen LogP contribution in [0.4, 0.5) is 0 Å². The summed E-state index contributed by atoms with van der Waals surface area (Å²) in [5.41, 5.74) is 2.47. The molecule has 0 saturated carbocycles. The summed E-state index contributed by atoms with van der Waals surface area (Å²) in [4.78, 5) is 31.4. The summed E-state index contributed by atoms with van der Waals surface area (Å²) < 4.78 is 0. The Morgan fingerprint density at radius 3 is 2.24 bits per heavy atom. The molecule has 0 radical (unpaired) electrons. The highest BCUT2D eigenvalue weighted by atomic mass is 35.5. The second-order valence-corrected chi connectivity index (χ2v) is 11.1. The highest BCUT2D eigenvalue weighted by Crippen LogP contribution is 2.33. The molecule has 0 aromatic heterocycles. The van der Waals surface area contributed by atoms with E-state index in [9.17, 15) is 9.59 Å². The van der Waals surface area contributed by atoms with Crippen molar-refractivity contribution >= 4 is 34.2 Å². The smallest absolute Gasteiger partial charge is 0.223 e. The van der Waals surface area contributed by atoms with Crippen LogP contribution in [0, 0.1) is 5.92 Å². The minimum Gasteiger partial charge on any atom is -0.343 e. The van der Waals surface area contributed by atoms with Gasteiger partial charge in [0.15, 0.2) is 0 Å². The SMILES string of the molecule is CC(=O)N1CCC(CC(=O)N2CCN(C(c3ccc(Cl)cc3)c3ccc4ccccc4c3)CC2C)CC1. The molecule has 0 bridgehead atoms. The van der Waals surface area contributed by atoms with Crippen molar-refractivity contribution in [2.75, 3.05) is 32.7 Å². The van der Waals surface area contributed by atoms with Crippen molar-refractivity contribution in [2.24, 2.45) is 5.92 Å². The molecule has 2 heterocycles. The van der Waals surface area contributed by atoms with Gasteiger partial charge in [-0.1, -0.05) is 60.1 Å². The van der Waals surface area contributed by atoms with Crippen LogP contribution in [0.2, 0.25) is 5.02 Å². The van der Waals surface area contributed by atoms with E-state index in [1.807, 2.05) is 17.0 Å². The fourth-order valence-electron chi connectivity index (χ4n) is 6.04. The van der Waals surface area contributed by atoms with E-state index >= 15 is 0 Å². The number of hydrogen-bond acceptors (Lipinski definition) is 3. The Balaban J connectivity index is 1.31. The molecule has 0 aliphatic carbocycles. The van der Waals surface area contributed by atoms with E-state index in [4.69, 9.17) is 11.6 Å². The monoisotopic (exact) mass is 517 g/mol. The van der Waals surface area contributed by atoms with Crippen LogP contribution in [0.15, 0.2) is 66.7 Å². The highest BCUT2D eigenvalue weighted by molar-refractivity contribution is 6.30. The number of nitrogens with zero attached hydrogens (tertiary/aromatic N) is 3. The number of rotatable bonds is 5. The first-order chi connectivity index (χ1) is 17.9. The lowest BCUT2D eigenvalue weighted by Gasteiger charge is -2.44. The molecule has 37 heavy (non-hydrogen) atoms. The number of piperazine rings is 1. The Bertz CT molecular complexity index is 1250. The number of likely N-dealkylation sites (tertiary alicyclic amines) is 1. The molecule has 3 aromatic rings. The largest absolute Gasteiger partial charge is 0.343 e. The van der Waals surface area contributed by atoms with E-state index < -0.39 is 0 Å². The van der Waals surface area contributed by atoms with Gasteiger partial charge in [0.25, 0.3) is 0 Å². The van der Waals surface area contributed by atoms with Crippen LogP contribution in [-0.4, -0.2) is 65.3 Å². The molecule has 6 heteroatoms. The third-order valence-corrected chi connectivity index (χ3v) is 8.39. The van der Waals surface area contributed by atoms with Gasteiger partial charge in [0, 0.05) is 57.1 Å². The zero-order valence-corrected chi connectivity index (χ0v) is 22.5. The van der Waals surface area contributed by atoms with E-state index in [0.717, 1.165) is 50.6 Å². The molecule has 2 unspecified atom stereocenters. The van der Waals surface area contributed by atoms with Gasteiger partial charge in [-0.2, -0.15) is 0 Å². The minimum absolute atomic E-state index is 0.0949. The summed E-state index contributed by atoms with van der Waals surface area (Å²) in [5.74, 6) is 0.756. The Kier molecular flexibility index (Phi) is 7.82. The van der Waals surface area contributed by atoms with Gasteiger partial charge < -0.3 is 9.80 Å². The van der Waals surface area contributed by atoms with Gasteiger partial charge in [0.05, 0.1) is 6.04 Å². The number of fused-ring (bicyclic) bond motifs is 1. The summed E-state index contributed by atoms with van der Waals surface area (Å²) in [7, 11) is 0. The lowest BCUT2D eigenvalue weighted by Crippen LogP contribution is -2.55. The molecule has 2 aliphatic heterocycles. The zero-order valence-electron chi connectivity index (χ0n) is 21.8. The fourth-order valence-corrected chi connectivity index (χ4v) is 6.17. The molecule has 5 rings (SSSR count). The van der Waals surface area contributed by atoms with Crippen LogP contribution in [0.3, 0.4) is 0 Å². The zero-order chi connectivity index (χ0) is 25.9. The standard InChI is InChI=1S/C31H36ClN3O2/c1-22-21-34(17-18-35(22)30(37)19-24-13-15-33(16-14-24)23(2)36)31(26-9-11-29(32)12-10-26)28-8-7-25-5-3-4-6-27(25)20-28/h3-12,20,22,24,31H,13-19,21H2,1-2H3. The minimum atomic E-state index is 0.0949. The van der Waals surface area contributed by atoms with E-state index in [2.05, 4.69) is 71.3 Å². The maximum Gasteiger partial charge on any atom is 0.223 e. The number of carbonyl (C=O) groups excluding carboxylic acids is 2. The van der Waals surface area contributed by atoms with Gasteiger partial charge in [-0.05, 0) is 65.8 Å². The lowest BCUT2D eigenvalue weighted by molar-refractivity contribution is -0.137. The van der Waals surface area contributed by atoms with E-state index in [-0.39, 0.29) is 23.9 Å². The second-order valence-electron chi connectivity index (χ2n) is 10.6. The predicted octanol–water partition coefficient (Wildman–Crippen LogP) is 5.76. The third-order valence-electron chi connectivity index (χ3n) is 8.14. The van der Waals surface area contributed by atoms with Gasteiger partial charge in [-0.15, -0.1) is 0 Å². The molecule has 194 valence electrons. The Labute approximate surface area is 225 Å². The van der Waals surface area contributed by atoms with Gasteiger partial charge >= 0.3 is 0 Å². The van der Waals surface area contributed by atoms with Crippen LogP contribution in [0.5, 0.6) is 0 Å². The van der Waals surface area contributed by atoms with Crippen molar-refractivity contribution in [3.05, 3.63) is 82.9 Å². The number of amides is 2. The Morgan fingerprint density at radius 2 is 1.57 bits per heavy atom. The Hall–Kier alpha value is -2.89.